The van der Waals surface area contributed by atoms with Crippen molar-refractivity contribution >= 4 is 27.2 Å². The molecule has 5 rings (SSSR count). The second kappa shape index (κ2) is 7.96. The lowest BCUT2D eigenvalue weighted by molar-refractivity contribution is 0.564. The molecule has 0 saturated heterocycles. The first kappa shape index (κ1) is 19.5. The van der Waals surface area contributed by atoms with Crippen LogP contribution in [-0.2, 0) is 0 Å². The minimum Gasteiger partial charge on any atom is -0.360 e. The zero-order valence-corrected chi connectivity index (χ0v) is 18.4. The van der Waals surface area contributed by atoms with E-state index in [2.05, 4.69) is 51.4 Å². The summed E-state index contributed by atoms with van der Waals surface area (Å²) in [6, 6.07) is 25.5. The number of halogens is 1. The zero-order valence-electron chi connectivity index (χ0n) is 16.8. The van der Waals surface area contributed by atoms with Crippen LogP contribution in [0.2, 0.25) is 0 Å². The molecule has 1 aromatic heterocycles. The number of hydrogen-bond donors (Lipinski definition) is 1. The van der Waals surface area contributed by atoms with Crippen molar-refractivity contribution in [1.82, 2.24) is 14.8 Å². The molecular weight excluding hydrogens is 452 g/mol. The van der Waals surface area contributed by atoms with Crippen molar-refractivity contribution in [2.24, 2.45) is 0 Å². The molecule has 4 aromatic rings. The first-order valence-electron chi connectivity index (χ1n) is 9.97. The van der Waals surface area contributed by atoms with Crippen molar-refractivity contribution in [3.63, 3.8) is 0 Å². The quantitative estimate of drug-likeness (QED) is 0.413. The van der Waals surface area contributed by atoms with Gasteiger partial charge in [-0.2, -0.15) is 10.1 Å². The van der Waals surface area contributed by atoms with Gasteiger partial charge in [0.25, 0.3) is 5.56 Å². The molecule has 3 aromatic carbocycles. The normalized spacial score (nSPS) is 15.0. The Morgan fingerprint density at radius 3 is 2.48 bits per heavy atom. The highest BCUT2D eigenvalue weighted by Crippen LogP contribution is 2.37. The summed E-state index contributed by atoms with van der Waals surface area (Å²) >= 11 is 3.52. The lowest BCUT2D eigenvalue weighted by atomic mass is 10.0. The molecule has 152 valence electrons. The summed E-state index contributed by atoms with van der Waals surface area (Å²) in [5, 5.41) is 8.30. The predicted molar refractivity (Wildman–Crippen MR) is 128 cm³/mol. The van der Waals surface area contributed by atoms with Crippen molar-refractivity contribution in [3.8, 4) is 22.6 Å². The van der Waals surface area contributed by atoms with Gasteiger partial charge in [0, 0.05) is 21.3 Å². The predicted octanol–water partition coefficient (Wildman–Crippen LogP) is 5.76. The second-order valence-corrected chi connectivity index (χ2v) is 8.31. The Hall–Kier alpha value is -3.51. The Kier molecular flexibility index (Phi) is 5.00. The molecule has 1 N–H and O–H groups in total. The van der Waals surface area contributed by atoms with Crippen LogP contribution in [0.25, 0.3) is 28.2 Å². The Balaban J connectivity index is 1.71. The van der Waals surface area contributed by atoms with Crippen LogP contribution in [0.5, 0.6) is 0 Å². The maximum absolute atomic E-state index is 12.9. The van der Waals surface area contributed by atoms with E-state index in [0.717, 1.165) is 32.4 Å². The number of allylic oxidation sites excluding steroid dienone is 1. The van der Waals surface area contributed by atoms with Gasteiger partial charge in [-0.1, -0.05) is 76.6 Å². The lowest BCUT2D eigenvalue weighted by Gasteiger charge is -2.29. The SMILES string of the molecule is C/C(=C\C1Nc2ccc(Br)cc2-c2nc(=O)c(-c3ccccc3)nn21)c1ccccc1. The van der Waals surface area contributed by atoms with Gasteiger partial charge in [0.1, 0.15) is 6.17 Å². The van der Waals surface area contributed by atoms with Crippen LogP contribution >= 0.6 is 15.9 Å². The van der Waals surface area contributed by atoms with Gasteiger partial charge >= 0.3 is 0 Å². The molecule has 0 fully saturated rings. The number of nitrogens with one attached hydrogen (secondary N) is 1. The summed E-state index contributed by atoms with van der Waals surface area (Å²) in [5.41, 5.74) is 4.72. The average molecular weight is 471 g/mol. The standard InChI is InChI=1S/C25H19BrN4O/c1-16(17-8-4-2-5-9-17)14-22-27-21-13-12-19(26)15-20(21)24-28-25(31)23(29-30(22)24)18-10-6-3-7-11-18/h2-15,22,27H,1H3/b16-14+. The van der Waals surface area contributed by atoms with Crippen LogP contribution in [-0.4, -0.2) is 14.8 Å². The number of anilines is 1. The average Bonchev–Trinajstić information content (AvgIpc) is 2.80. The summed E-state index contributed by atoms with van der Waals surface area (Å²) in [7, 11) is 0. The molecule has 0 aliphatic carbocycles. The van der Waals surface area contributed by atoms with E-state index in [-0.39, 0.29) is 11.7 Å². The summed E-state index contributed by atoms with van der Waals surface area (Å²) in [6.45, 7) is 2.07. The Morgan fingerprint density at radius 1 is 1.03 bits per heavy atom. The highest BCUT2D eigenvalue weighted by molar-refractivity contribution is 9.10. The van der Waals surface area contributed by atoms with Gasteiger partial charge < -0.3 is 5.32 Å². The van der Waals surface area contributed by atoms with Crippen LogP contribution in [0, 0.1) is 0 Å². The monoisotopic (exact) mass is 470 g/mol. The molecule has 0 saturated carbocycles. The highest BCUT2D eigenvalue weighted by Gasteiger charge is 2.26. The topological polar surface area (TPSA) is 59.8 Å². The van der Waals surface area contributed by atoms with E-state index in [1.807, 2.05) is 66.7 Å². The van der Waals surface area contributed by atoms with Crippen molar-refractivity contribution in [2.45, 2.75) is 13.1 Å². The van der Waals surface area contributed by atoms with Crippen LogP contribution < -0.4 is 10.9 Å². The summed E-state index contributed by atoms with van der Waals surface area (Å²) < 4.78 is 2.71. The molecule has 5 nitrogen and oxygen atoms in total. The van der Waals surface area contributed by atoms with Gasteiger partial charge in [-0.3, -0.25) is 4.79 Å². The summed E-state index contributed by atoms with van der Waals surface area (Å²) in [4.78, 5) is 17.4. The second-order valence-electron chi connectivity index (χ2n) is 7.39. The molecule has 1 aliphatic rings. The smallest absolute Gasteiger partial charge is 0.300 e. The van der Waals surface area contributed by atoms with E-state index in [1.54, 1.807) is 4.68 Å². The third-order valence-corrected chi connectivity index (χ3v) is 5.80. The van der Waals surface area contributed by atoms with Crippen LogP contribution in [0.3, 0.4) is 0 Å². The third kappa shape index (κ3) is 3.70. The molecule has 1 unspecified atom stereocenters. The minimum absolute atomic E-state index is 0.292. The number of fused-ring (bicyclic) bond motifs is 3. The molecule has 2 heterocycles. The Bertz CT molecular complexity index is 1350. The molecule has 1 aliphatic heterocycles. The van der Waals surface area contributed by atoms with Gasteiger partial charge in [0.2, 0.25) is 0 Å². The lowest BCUT2D eigenvalue weighted by Crippen LogP contribution is -2.30. The highest BCUT2D eigenvalue weighted by atomic mass is 79.9. The first-order chi connectivity index (χ1) is 15.1. The molecule has 1 atom stereocenters. The first-order valence-corrected chi connectivity index (χ1v) is 10.8. The van der Waals surface area contributed by atoms with E-state index in [9.17, 15) is 4.79 Å². The Morgan fingerprint density at radius 2 is 1.74 bits per heavy atom. The van der Waals surface area contributed by atoms with Gasteiger partial charge in [-0.05, 0) is 42.3 Å². The zero-order chi connectivity index (χ0) is 21.4. The molecule has 6 heteroatoms. The van der Waals surface area contributed by atoms with E-state index in [0.29, 0.717) is 11.5 Å². The number of aromatic nitrogens is 3. The van der Waals surface area contributed by atoms with Crippen molar-refractivity contribution in [3.05, 3.63) is 105 Å². The van der Waals surface area contributed by atoms with E-state index < -0.39 is 0 Å². The molecule has 31 heavy (non-hydrogen) atoms. The van der Waals surface area contributed by atoms with E-state index in [1.165, 1.54) is 0 Å². The third-order valence-electron chi connectivity index (χ3n) is 5.31. The molecular formula is C25H19BrN4O. The van der Waals surface area contributed by atoms with Crippen LogP contribution in [0.4, 0.5) is 5.69 Å². The van der Waals surface area contributed by atoms with Crippen molar-refractivity contribution < 1.29 is 0 Å². The van der Waals surface area contributed by atoms with E-state index in [4.69, 9.17) is 5.10 Å². The fourth-order valence-electron chi connectivity index (χ4n) is 3.75. The minimum atomic E-state index is -0.340. The molecule has 0 bridgehead atoms. The largest absolute Gasteiger partial charge is 0.360 e. The van der Waals surface area contributed by atoms with Crippen LogP contribution in [0.15, 0.2) is 94.2 Å². The van der Waals surface area contributed by atoms with Gasteiger partial charge in [-0.25, -0.2) is 4.68 Å². The maximum atomic E-state index is 12.9. The molecule has 0 radical (unpaired) electrons. The number of nitrogens with zero attached hydrogens (tertiary/aromatic N) is 3. The Labute approximate surface area is 188 Å². The fourth-order valence-corrected chi connectivity index (χ4v) is 4.11. The number of benzene rings is 3. The fraction of sp³-hybridized carbons (Fsp3) is 0.0800. The summed E-state index contributed by atoms with van der Waals surface area (Å²) in [6.07, 6.45) is 1.82. The van der Waals surface area contributed by atoms with Crippen molar-refractivity contribution in [2.75, 3.05) is 5.32 Å². The molecule has 0 spiro atoms. The molecule has 0 amide bonds. The van der Waals surface area contributed by atoms with E-state index >= 15 is 0 Å². The number of hydrogen-bond acceptors (Lipinski definition) is 4. The van der Waals surface area contributed by atoms with Gasteiger partial charge in [-0.15, -0.1) is 0 Å². The number of rotatable bonds is 3. The van der Waals surface area contributed by atoms with Gasteiger partial charge in [0.15, 0.2) is 11.5 Å². The van der Waals surface area contributed by atoms with Crippen LogP contribution in [0.1, 0.15) is 18.7 Å². The van der Waals surface area contributed by atoms with Crippen molar-refractivity contribution in [1.29, 1.82) is 0 Å². The van der Waals surface area contributed by atoms with Gasteiger partial charge in [0.05, 0.1) is 0 Å². The summed E-state index contributed by atoms with van der Waals surface area (Å²) in [5.74, 6) is 0.543. The maximum Gasteiger partial charge on any atom is 0.300 e.